The second-order valence-corrected chi connectivity index (χ2v) is 7.32. The Labute approximate surface area is 141 Å². The van der Waals surface area contributed by atoms with Crippen LogP contribution in [0.3, 0.4) is 0 Å². The standard InChI is InChI=1S/C17H16F2N2S2/c1-2-7-22-13-5-3-12(4-6-13)20-10-16-21-15-9-11(18)8-14(19)17(15)23-16/h3-6,8-9,20H,2,7,10H2,1H3. The third-order valence-corrected chi connectivity index (χ3v) is 5.52. The number of fused-ring (bicyclic) bond motifs is 1. The Kier molecular flexibility index (Phi) is 5.13. The fourth-order valence-electron chi connectivity index (χ4n) is 2.15. The van der Waals surface area contributed by atoms with Crippen molar-refractivity contribution in [3.8, 4) is 0 Å². The molecule has 0 radical (unpaired) electrons. The predicted molar refractivity (Wildman–Crippen MR) is 94.3 cm³/mol. The molecule has 2 aromatic carbocycles. The minimum Gasteiger partial charge on any atom is -0.379 e. The molecule has 3 aromatic rings. The SMILES string of the molecule is CCCSc1ccc(NCc2nc3cc(F)cc(F)c3s2)cc1. The average Bonchev–Trinajstić information content (AvgIpc) is 2.95. The van der Waals surface area contributed by atoms with E-state index in [-0.39, 0.29) is 0 Å². The maximum absolute atomic E-state index is 13.7. The van der Waals surface area contributed by atoms with Gasteiger partial charge in [0, 0.05) is 22.7 Å². The first kappa shape index (κ1) is 16.2. The number of nitrogens with zero attached hydrogens (tertiary/aromatic N) is 1. The van der Waals surface area contributed by atoms with Gasteiger partial charge in [0.05, 0.1) is 16.8 Å². The van der Waals surface area contributed by atoms with Crippen LogP contribution in [0.1, 0.15) is 18.4 Å². The molecule has 2 nitrogen and oxygen atoms in total. The summed E-state index contributed by atoms with van der Waals surface area (Å²) in [6, 6.07) is 10.4. The highest BCUT2D eigenvalue weighted by Gasteiger charge is 2.10. The van der Waals surface area contributed by atoms with E-state index in [0.29, 0.717) is 16.8 Å². The monoisotopic (exact) mass is 350 g/mol. The van der Waals surface area contributed by atoms with E-state index in [2.05, 4.69) is 29.4 Å². The van der Waals surface area contributed by atoms with Crippen molar-refractivity contribution in [2.75, 3.05) is 11.1 Å². The molecule has 1 aromatic heterocycles. The molecular weight excluding hydrogens is 334 g/mol. The van der Waals surface area contributed by atoms with Gasteiger partial charge in [0.1, 0.15) is 16.6 Å². The molecule has 0 spiro atoms. The van der Waals surface area contributed by atoms with Gasteiger partial charge < -0.3 is 5.32 Å². The summed E-state index contributed by atoms with van der Waals surface area (Å²) in [4.78, 5) is 5.52. The first-order valence-corrected chi connectivity index (χ1v) is 9.17. The highest BCUT2D eigenvalue weighted by atomic mass is 32.2. The number of halogens is 2. The van der Waals surface area contributed by atoms with Crippen LogP contribution in [0.2, 0.25) is 0 Å². The van der Waals surface area contributed by atoms with Crippen LogP contribution in [0.25, 0.3) is 10.2 Å². The van der Waals surface area contributed by atoms with E-state index in [1.807, 2.05) is 23.9 Å². The summed E-state index contributed by atoms with van der Waals surface area (Å²) in [7, 11) is 0. The summed E-state index contributed by atoms with van der Waals surface area (Å²) >= 11 is 3.08. The zero-order valence-corrected chi connectivity index (χ0v) is 14.2. The quantitative estimate of drug-likeness (QED) is 0.578. The molecule has 1 N–H and O–H groups in total. The second kappa shape index (κ2) is 7.27. The van der Waals surface area contributed by atoms with Crippen molar-refractivity contribution in [1.29, 1.82) is 0 Å². The fraction of sp³-hybridized carbons (Fsp3) is 0.235. The molecule has 3 rings (SSSR count). The Morgan fingerprint density at radius 2 is 1.96 bits per heavy atom. The molecule has 0 aliphatic rings. The van der Waals surface area contributed by atoms with Gasteiger partial charge >= 0.3 is 0 Å². The van der Waals surface area contributed by atoms with Gasteiger partial charge in [-0.15, -0.1) is 23.1 Å². The van der Waals surface area contributed by atoms with Crippen molar-refractivity contribution < 1.29 is 8.78 Å². The van der Waals surface area contributed by atoms with E-state index in [1.165, 1.54) is 22.3 Å². The van der Waals surface area contributed by atoms with E-state index < -0.39 is 11.6 Å². The Balaban J connectivity index is 1.67. The number of thiazole rings is 1. The molecule has 0 aliphatic heterocycles. The predicted octanol–water partition coefficient (Wildman–Crippen LogP) is 5.69. The van der Waals surface area contributed by atoms with Gasteiger partial charge in [-0.1, -0.05) is 6.92 Å². The van der Waals surface area contributed by atoms with Crippen molar-refractivity contribution in [2.45, 2.75) is 24.8 Å². The number of hydrogen-bond donors (Lipinski definition) is 1. The van der Waals surface area contributed by atoms with Crippen LogP contribution in [0, 0.1) is 11.6 Å². The minimum absolute atomic E-state index is 0.371. The summed E-state index contributed by atoms with van der Waals surface area (Å²) in [6.07, 6.45) is 1.15. The largest absolute Gasteiger partial charge is 0.379 e. The van der Waals surface area contributed by atoms with E-state index in [9.17, 15) is 8.78 Å². The lowest BCUT2D eigenvalue weighted by Crippen LogP contribution is -1.98. The minimum atomic E-state index is -0.597. The highest BCUT2D eigenvalue weighted by molar-refractivity contribution is 7.99. The van der Waals surface area contributed by atoms with Gasteiger partial charge in [-0.05, 0) is 36.4 Å². The number of rotatable bonds is 6. The Morgan fingerprint density at radius 1 is 1.17 bits per heavy atom. The Morgan fingerprint density at radius 3 is 2.70 bits per heavy atom. The third-order valence-electron chi connectivity index (χ3n) is 3.22. The molecule has 1 heterocycles. The number of anilines is 1. The normalized spacial score (nSPS) is 11.1. The summed E-state index contributed by atoms with van der Waals surface area (Å²) in [5.41, 5.74) is 1.35. The molecule has 0 saturated heterocycles. The zero-order valence-electron chi connectivity index (χ0n) is 12.6. The molecule has 0 aliphatic carbocycles. The lowest BCUT2D eigenvalue weighted by Gasteiger charge is -2.05. The van der Waals surface area contributed by atoms with Crippen LogP contribution in [-0.4, -0.2) is 10.7 Å². The molecule has 6 heteroatoms. The topological polar surface area (TPSA) is 24.9 Å². The Hall–Kier alpha value is -1.66. The van der Waals surface area contributed by atoms with Crippen molar-refractivity contribution in [1.82, 2.24) is 4.98 Å². The molecular formula is C17H16F2N2S2. The van der Waals surface area contributed by atoms with Gasteiger partial charge in [-0.25, -0.2) is 13.8 Å². The highest BCUT2D eigenvalue weighted by Crippen LogP contribution is 2.27. The van der Waals surface area contributed by atoms with Crippen LogP contribution in [0.4, 0.5) is 14.5 Å². The van der Waals surface area contributed by atoms with E-state index in [4.69, 9.17) is 0 Å². The van der Waals surface area contributed by atoms with Gasteiger partial charge in [0.15, 0.2) is 0 Å². The molecule has 0 saturated carbocycles. The smallest absolute Gasteiger partial charge is 0.145 e. The molecule has 0 atom stereocenters. The first-order valence-electron chi connectivity index (χ1n) is 7.37. The molecule has 0 unspecified atom stereocenters. The molecule has 0 fully saturated rings. The van der Waals surface area contributed by atoms with Crippen LogP contribution < -0.4 is 5.32 Å². The molecule has 0 amide bonds. The van der Waals surface area contributed by atoms with Crippen LogP contribution >= 0.6 is 23.1 Å². The van der Waals surface area contributed by atoms with E-state index >= 15 is 0 Å². The third kappa shape index (κ3) is 4.00. The lowest BCUT2D eigenvalue weighted by molar-refractivity contribution is 0.593. The molecule has 0 bridgehead atoms. The maximum Gasteiger partial charge on any atom is 0.145 e. The van der Waals surface area contributed by atoms with E-state index in [0.717, 1.165) is 28.9 Å². The second-order valence-electron chi connectivity index (χ2n) is 5.07. The van der Waals surface area contributed by atoms with Crippen LogP contribution in [0.15, 0.2) is 41.3 Å². The van der Waals surface area contributed by atoms with E-state index in [1.54, 1.807) is 0 Å². The number of nitrogens with one attached hydrogen (secondary N) is 1. The average molecular weight is 350 g/mol. The van der Waals surface area contributed by atoms with Crippen molar-refractivity contribution in [3.05, 3.63) is 53.0 Å². The number of thioether (sulfide) groups is 1. The van der Waals surface area contributed by atoms with Crippen LogP contribution in [-0.2, 0) is 6.54 Å². The number of benzene rings is 2. The van der Waals surface area contributed by atoms with Gasteiger partial charge in [0.2, 0.25) is 0 Å². The summed E-state index contributed by atoms with van der Waals surface area (Å²) in [5, 5.41) is 3.99. The van der Waals surface area contributed by atoms with Crippen molar-refractivity contribution in [2.24, 2.45) is 0 Å². The van der Waals surface area contributed by atoms with Gasteiger partial charge in [-0.2, -0.15) is 0 Å². The van der Waals surface area contributed by atoms with Crippen molar-refractivity contribution >= 4 is 39.0 Å². The molecule has 23 heavy (non-hydrogen) atoms. The zero-order chi connectivity index (χ0) is 16.2. The number of aromatic nitrogens is 1. The van der Waals surface area contributed by atoms with Gasteiger partial charge in [0.25, 0.3) is 0 Å². The maximum atomic E-state index is 13.7. The Bertz CT molecular complexity index is 800. The van der Waals surface area contributed by atoms with Crippen molar-refractivity contribution in [3.63, 3.8) is 0 Å². The lowest BCUT2D eigenvalue weighted by atomic mass is 10.3. The first-order chi connectivity index (χ1) is 11.2. The molecule has 120 valence electrons. The number of hydrogen-bond acceptors (Lipinski definition) is 4. The summed E-state index contributed by atoms with van der Waals surface area (Å²) in [6.45, 7) is 2.65. The summed E-state index contributed by atoms with van der Waals surface area (Å²) in [5.74, 6) is -0.0401. The summed E-state index contributed by atoms with van der Waals surface area (Å²) < 4.78 is 27.3. The van der Waals surface area contributed by atoms with Gasteiger partial charge in [-0.3, -0.25) is 0 Å². The van der Waals surface area contributed by atoms with Crippen LogP contribution in [0.5, 0.6) is 0 Å². The fourth-order valence-corrected chi connectivity index (χ4v) is 3.81.